The second kappa shape index (κ2) is 6.43. The molecule has 0 aliphatic rings. The van der Waals surface area contributed by atoms with E-state index in [1.165, 1.54) is 12.1 Å². The minimum Gasteiger partial charge on any atom is -0.330 e. The van der Waals surface area contributed by atoms with Gasteiger partial charge in [-0.1, -0.05) is 0 Å². The van der Waals surface area contributed by atoms with E-state index < -0.39 is 0 Å². The van der Waals surface area contributed by atoms with Crippen LogP contribution in [-0.4, -0.2) is 23.1 Å². The van der Waals surface area contributed by atoms with E-state index >= 15 is 0 Å². The summed E-state index contributed by atoms with van der Waals surface area (Å²) in [6, 6.07) is 6.39. The maximum atomic E-state index is 13.1. The standard InChI is InChI=1S/C15H19FN4/c1-11-10-18-12(2)15(19-11)20(9-3-8-17)14-6-4-13(16)5-7-14/h4-7,10H,3,8-9,17H2,1-2H3. The van der Waals surface area contributed by atoms with Crippen molar-refractivity contribution in [3.8, 4) is 0 Å². The van der Waals surface area contributed by atoms with E-state index in [0.29, 0.717) is 6.54 Å². The first-order valence-electron chi connectivity index (χ1n) is 6.65. The van der Waals surface area contributed by atoms with Crippen LogP contribution in [0.3, 0.4) is 0 Å². The Kier molecular flexibility index (Phi) is 4.63. The van der Waals surface area contributed by atoms with Gasteiger partial charge in [0.05, 0.1) is 11.4 Å². The van der Waals surface area contributed by atoms with Gasteiger partial charge in [0.15, 0.2) is 5.82 Å². The fourth-order valence-electron chi connectivity index (χ4n) is 2.01. The predicted octanol–water partition coefficient (Wildman–Crippen LogP) is 2.72. The van der Waals surface area contributed by atoms with E-state index in [1.807, 2.05) is 18.7 Å². The Morgan fingerprint density at radius 3 is 2.55 bits per heavy atom. The average Bonchev–Trinajstić information content (AvgIpc) is 2.44. The van der Waals surface area contributed by atoms with Gasteiger partial charge in [-0.2, -0.15) is 0 Å². The second-order valence-corrected chi connectivity index (χ2v) is 4.69. The average molecular weight is 274 g/mol. The molecular weight excluding hydrogens is 255 g/mol. The highest BCUT2D eigenvalue weighted by Gasteiger charge is 2.14. The van der Waals surface area contributed by atoms with E-state index in [4.69, 9.17) is 5.73 Å². The number of benzene rings is 1. The van der Waals surface area contributed by atoms with Crippen molar-refractivity contribution in [3.63, 3.8) is 0 Å². The summed E-state index contributed by atoms with van der Waals surface area (Å²) in [4.78, 5) is 10.9. The number of aryl methyl sites for hydroxylation is 2. The molecule has 20 heavy (non-hydrogen) atoms. The first-order chi connectivity index (χ1) is 9.61. The van der Waals surface area contributed by atoms with Crippen molar-refractivity contribution >= 4 is 11.5 Å². The highest BCUT2D eigenvalue weighted by atomic mass is 19.1. The van der Waals surface area contributed by atoms with Crippen LogP contribution in [0.4, 0.5) is 15.9 Å². The molecular formula is C15H19FN4. The molecule has 0 aliphatic heterocycles. The highest BCUT2D eigenvalue weighted by Crippen LogP contribution is 2.26. The van der Waals surface area contributed by atoms with Gasteiger partial charge < -0.3 is 10.6 Å². The summed E-state index contributed by atoms with van der Waals surface area (Å²) in [5, 5.41) is 0. The summed E-state index contributed by atoms with van der Waals surface area (Å²) < 4.78 is 13.1. The van der Waals surface area contributed by atoms with Gasteiger partial charge in [-0.05, 0) is 51.1 Å². The summed E-state index contributed by atoms with van der Waals surface area (Å²) in [6.07, 6.45) is 2.57. The third-order valence-electron chi connectivity index (χ3n) is 3.03. The van der Waals surface area contributed by atoms with Crippen molar-refractivity contribution in [1.29, 1.82) is 0 Å². The van der Waals surface area contributed by atoms with Crippen molar-refractivity contribution < 1.29 is 4.39 Å². The Bertz CT molecular complexity index is 569. The molecule has 5 heteroatoms. The third kappa shape index (κ3) is 3.30. The van der Waals surface area contributed by atoms with Crippen molar-refractivity contribution in [1.82, 2.24) is 9.97 Å². The van der Waals surface area contributed by atoms with Gasteiger partial charge in [-0.25, -0.2) is 9.37 Å². The Hall–Kier alpha value is -2.01. The molecule has 0 bridgehead atoms. The molecule has 0 spiro atoms. The van der Waals surface area contributed by atoms with Crippen LogP contribution >= 0.6 is 0 Å². The molecule has 0 amide bonds. The molecule has 0 atom stereocenters. The van der Waals surface area contributed by atoms with E-state index in [1.54, 1.807) is 18.3 Å². The predicted molar refractivity (Wildman–Crippen MR) is 78.6 cm³/mol. The number of hydrogen-bond donors (Lipinski definition) is 1. The molecule has 2 rings (SSSR count). The van der Waals surface area contributed by atoms with Gasteiger partial charge >= 0.3 is 0 Å². The monoisotopic (exact) mass is 274 g/mol. The molecule has 2 N–H and O–H groups in total. The largest absolute Gasteiger partial charge is 0.330 e. The first kappa shape index (κ1) is 14.4. The lowest BCUT2D eigenvalue weighted by Gasteiger charge is -2.25. The van der Waals surface area contributed by atoms with Crippen LogP contribution in [0.2, 0.25) is 0 Å². The lowest BCUT2D eigenvalue weighted by molar-refractivity contribution is 0.627. The number of hydrogen-bond acceptors (Lipinski definition) is 4. The fourth-order valence-corrected chi connectivity index (χ4v) is 2.01. The van der Waals surface area contributed by atoms with E-state index in [-0.39, 0.29) is 5.82 Å². The van der Waals surface area contributed by atoms with Crippen LogP contribution in [0.15, 0.2) is 30.5 Å². The quantitative estimate of drug-likeness (QED) is 0.910. The van der Waals surface area contributed by atoms with Crippen LogP contribution < -0.4 is 10.6 Å². The van der Waals surface area contributed by atoms with E-state index in [2.05, 4.69) is 9.97 Å². The number of nitrogens with two attached hydrogens (primary N) is 1. The molecule has 1 aromatic carbocycles. The molecule has 0 radical (unpaired) electrons. The maximum Gasteiger partial charge on any atom is 0.154 e. The van der Waals surface area contributed by atoms with Crippen molar-refractivity contribution in [2.24, 2.45) is 5.73 Å². The zero-order valence-electron chi connectivity index (χ0n) is 11.8. The minimum absolute atomic E-state index is 0.250. The molecule has 0 saturated heterocycles. The van der Waals surface area contributed by atoms with Crippen molar-refractivity contribution in [2.45, 2.75) is 20.3 Å². The van der Waals surface area contributed by atoms with Crippen LogP contribution in [0, 0.1) is 19.7 Å². The lowest BCUT2D eigenvalue weighted by Crippen LogP contribution is -2.23. The Morgan fingerprint density at radius 2 is 1.90 bits per heavy atom. The Balaban J connectivity index is 2.41. The van der Waals surface area contributed by atoms with Gasteiger partial charge in [0, 0.05) is 18.4 Å². The SMILES string of the molecule is Cc1cnc(C)c(N(CCCN)c2ccc(F)cc2)n1. The molecule has 0 aliphatic carbocycles. The molecule has 0 saturated carbocycles. The summed E-state index contributed by atoms with van der Waals surface area (Å²) in [7, 11) is 0. The lowest BCUT2D eigenvalue weighted by atomic mass is 10.2. The Labute approximate surface area is 118 Å². The zero-order chi connectivity index (χ0) is 14.5. The number of halogens is 1. The summed E-state index contributed by atoms with van der Waals surface area (Å²) >= 11 is 0. The van der Waals surface area contributed by atoms with Crippen LogP contribution in [0.25, 0.3) is 0 Å². The van der Waals surface area contributed by atoms with Gasteiger partial charge in [-0.3, -0.25) is 4.98 Å². The number of rotatable bonds is 5. The minimum atomic E-state index is -0.250. The van der Waals surface area contributed by atoms with Crippen molar-refractivity contribution in [3.05, 3.63) is 47.7 Å². The molecule has 0 unspecified atom stereocenters. The molecule has 4 nitrogen and oxygen atoms in total. The van der Waals surface area contributed by atoms with Crippen LogP contribution in [0.1, 0.15) is 17.8 Å². The third-order valence-corrected chi connectivity index (χ3v) is 3.03. The fraction of sp³-hybridized carbons (Fsp3) is 0.333. The van der Waals surface area contributed by atoms with E-state index in [0.717, 1.165) is 35.9 Å². The summed E-state index contributed by atoms with van der Waals surface area (Å²) in [5.41, 5.74) is 8.19. The summed E-state index contributed by atoms with van der Waals surface area (Å²) in [6.45, 7) is 5.14. The van der Waals surface area contributed by atoms with Crippen LogP contribution in [0.5, 0.6) is 0 Å². The second-order valence-electron chi connectivity index (χ2n) is 4.69. The molecule has 1 heterocycles. The Morgan fingerprint density at radius 1 is 1.20 bits per heavy atom. The topological polar surface area (TPSA) is 55.0 Å². The molecule has 0 fully saturated rings. The molecule has 1 aromatic heterocycles. The van der Waals surface area contributed by atoms with Crippen LogP contribution in [-0.2, 0) is 0 Å². The van der Waals surface area contributed by atoms with Gasteiger partial charge in [0.1, 0.15) is 5.82 Å². The van der Waals surface area contributed by atoms with Gasteiger partial charge in [0.2, 0.25) is 0 Å². The normalized spacial score (nSPS) is 10.6. The maximum absolute atomic E-state index is 13.1. The zero-order valence-corrected chi connectivity index (χ0v) is 11.8. The highest BCUT2D eigenvalue weighted by molar-refractivity contribution is 5.61. The molecule has 2 aromatic rings. The number of aromatic nitrogens is 2. The van der Waals surface area contributed by atoms with Crippen molar-refractivity contribution in [2.75, 3.05) is 18.0 Å². The smallest absolute Gasteiger partial charge is 0.154 e. The van der Waals surface area contributed by atoms with Gasteiger partial charge in [0.25, 0.3) is 0 Å². The van der Waals surface area contributed by atoms with Gasteiger partial charge in [-0.15, -0.1) is 0 Å². The molecule has 106 valence electrons. The summed E-state index contributed by atoms with van der Waals surface area (Å²) in [5.74, 6) is 0.546. The number of nitrogens with zero attached hydrogens (tertiary/aromatic N) is 3. The number of anilines is 2. The van der Waals surface area contributed by atoms with E-state index in [9.17, 15) is 4.39 Å². The first-order valence-corrected chi connectivity index (χ1v) is 6.65.